The first-order valence-electron chi connectivity index (χ1n) is 4.59. The Labute approximate surface area is 102 Å². The number of aryl methyl sites for hydroxylation is 1. The third kappa shape index (κ3) is 1.76. The molecule has 0 aromatic carbocycles. The van der Waals surface area contributed by atoms with Crippen molar-refractivity contribution in [1.82, 2.24) is 25.0 Å². The van der Waals surface area contributed by atoms with Crippen molar-refractivity contribution in [3.8, 4) is 5.82 Å². The van der Waals surface area contributed by atoms with Crippen LogP contribution in [0, 0.1) is 20.8 Å². The van der Waals surface area contributed by atoms with Crippen LogP contribution >= 0.6 is 23.2 Å². The summed E-state index contributed by atoms with van der Waals surface area (Å²) in [5.74, 6) is 0.398. The summed E-state index contributed by atoms with van der Waals surface area (Å²) in [4.78, 5) is 4.02. The second-order valence-corrected chi connectivity index (χ2v) is 4.10. The molecule has 5 nitrogen and oxygen atoms in total. The minimum Gasteiger partial charge on any atom is -0.216 e. The predicted octanol–water partition coefficient (Wildman–Crippen LogP) is 2.29. The first-order chi connectivity index (χ1) is 7.50. The molecule has 0 radical (unpaired) electrons. The zero-order valence-electron chi connectivity index (χ0n) is 8.99. The first-order valence-corrected chi connectivity index (χ1v) is 5.35. The fourth-order valence-corrected chi connectivity index (χ4v) is 1.63. The summed E-state index contributed by atoms with van der Waals surface area (Å²) in [6.45, 7) is 5.84. The average molecular weight is 258 g/mol. The number of rotatable bonds is 1. The van der Waals surface area contributed by atoms with Gasteiger partial charge in [0.2, 0.25) is 5.28 Å². The Hall–Kier alpha value is -1.20. The van der Waals surface area contributed by atoms with E-state index < -0.39 is 0 Å². The largest absolute Gasteiger partial charge is 0.245 e. The topological polar surface area (TPSA) is 56.5 Å². The third-order valence-corrected chi connectivity index (χ3v) is 2.86. The quantitative estimate of drug-likeness (QED) is 0.787. The van der Waals surface area contributed by atoms with Crippen LogP contribution in [0.5, 0.6) is 0 Å². The van der Waals surface area contributed by atoms with E-state index in [2.05, 4.69) is 20.3 Å². The molecule has 2 heterocycles. The number of aromatic nitrogens is 5. The molecule has 2 rings (SSSR count). The molecular formula is C9H9Cl2N5. The van der Waals surface area contributed by atoms with Crippen molar-refractivity contribution in [2.45, 2.75) is 20.8 Å². The Morgan fingerprint density at radius 3 is 2.31 bits per heavy atom. The Bertz CT molecular complexity index is 549. The number of hydrogen-bond donors (Lipinski definition) is 0. The lowest BCUT2D eigenvalue weighted by Gasteiger charge is -2.04. The lowest BCUT2D eigenvalue weighted by Crippen LogP contribution is -2.05. The molecule has 0 unspecified atom stereocenters. The SMILES string of the molecule is Cc1nn(-c2nc(Cl)nnc2Cl)c(C)c1C. The molecule has 0 saturated heterocycles. The highest BCUT2D eigenvalue weighted by Crippen LogP contribution is 2.20. The van der Waals surface area contributed by atoms with E-state index in [0.29, 0.717) is 5.82 Å². The van der Waals surface area contributed by atoms with Crippen molar-refractivity contribution in [2.75, 3.05) is 0 Å². The van der Waals surface area contributed by atoms with Crippen molar-refractivity contribution in [3.05, 3.63) is 27.4 Å². The maximum Gasteiger partial charge on any atom is 0.245 e. The van der Waals surface area contributed by atoms with Crippen molar-refractivity contribution < 1.29 is 0 Å². The summed E-state index contributed by atoms with van der Waals surface area (Å²) in [7, 11) is 0. The van der Waals surface area contributed by atoms with Gasteiger partial charge in [-0.05, 0) is 37.9 Å². The molecule has 0 spiro atoms. The monoisotopic (exact) mass is 257 g/mol. The number of hydrogen-bond acceptors (Lipinski definition) is 4. The summed E-state index contributed by atoms with van der Waals surface area (Å²) < 4.78 is 1.62. The van der Waals surface area contributed by atoms with Gasteiger partial charge < -0.3 is 0 Å². The molecular weight excluding hydrogens is 249 g/mol. The minimum atomic E-state index is 0.0459. The van der Waals surface area contributed by atoms with Gasteiger partial charge in [-0.2, -0.15) is 10.1 Å². The van der Waals surface area contributed by atoms with Crippen LogP contribution in [0.2, 0.25) is 10.4 Å². The molecule has 0 saturated carbocycles. The van der Waals surface area contributed by atoms with Gasteiger partial charge in [0.15, 0.2) is 11.0 Å². The molecule has 0 aliphatic carbocycles. The summed E-state index contributed by atoms with van der Waals surface area (Å²) >= 11 is 11.6. The van der Waals surface area contributed by atoms with Gasteiger partial charge in [-0.15, -0.1) is 10.2 Å². The van der Waals surface area contributed by atoms with Gasteiger partial charge in [-0.3, -0.25) is 0 Å². The second kappa shape index (κ2) is 3.99. The highest BCUT2D eigenvalue weighted by molar-refractivity contribution is 6.31. The molecule has 0 N–H and O–H groups in total. The van der Waals surface area contributed by atoms with E-state index in [9.17, 15) is 0 Å². The lowest BCUT2D eigenvalue weighted by atomic mass is 10.2. The fraction of sp³-hybridized carbons (Fsp3) is 0.333. The van der Waals surface area contributed by atoms with Crippen molar-refractivity contribution in [3.63, 3.8) is 0 Å². The highest BCUT2D eigenvalue weighted by atomic mass is 35.5. The molecule has 7 heteroatoms. The van der Waals surface area contributed by atoms with Crippen LogP contribution in [-0.2, 0) is 0 Å². The normalized spacial score (nSPS) is 10.8. The fourth-order valence-electron chi connectivity index (χ4n) is 1.35. The van der Waals surface area contributed by atoms with Crippen molar-refractivity contribution >= 4 is 23.2 Å². The van der Waals surface area contributed by atoms with Crippen LogP contribution in [0.1, 0.15) is 17.0 Å². The van der Waals surface area contributed by atoms with Gasteiger partial charge >= 0.3 is 0 Å². The molecule has 16 heavy (non-hydrogen) atoms. The van der Waals surface area contributed by atoms with Crippen LogP contribution in [0.25, 0.3) is 5.82 Å². The number of halogens is 2. The Balaban J connectivity index is 2.67. The van der Waals surface area contributed by atoms with E-state index >= 15 is 0 Å². The van der Waals surface area contributed by atoms with E-state index in [1.165, 1.54) is 0 Å². The molecule has 0 bridgehead atoms. The maximum atomic E-state index is 5.91. The Kier molecular flexibility index (Phi) is 2.82. The molecule has 2 aromatic heterocycles. The molecule has 2 aromatic rings. The van der Waals surface area contributed by atoms with Crippen LogP contribution in [0.3, 0.4) is 0 Å². The molecule has 84 valence electrons. The zero-order valence-corrected chi connectivity index (χ0v) is 10.5. The molecule has 0 aliphatic heterocycles. The van der Waals surface area contributed by atoms with Crippen LogP contribution < -0.4 is 0 Å². The van der Waals surface area contributed by atoms with Gasteiger partial charge in [-0.1, -0.05) is 11.6 Å². The van der Waals surface area contributed by atoms with Crippen molar-refractivity contribution in [2.24, 2.45) is 0 Å². The van der Waals surface area contributed by atoms with Crippen LogP contribution in [-0.4, -0.2) is 25.0 Å². The molecule has 0 fully saturated rings. The molecule has 0 atom stereocenters. The van der Waals surface area contributed by atoms with E-state index in [0.717, 1.165) is 17.0 Å². The van der Waals surface area contributed by atoms with E-state index in [4.69, 9.17) is 23.2 Å². The molecule has 0 amide bonds. The van der Waals surface area contributed by atoms with E-state index in [1.54, 1.807) is 4.68 Å². The average Bonchev–Trinajstić information content (AvgIpc) is 2.50. The third-order valence-electron chi connectivity index (χ3n) is 2.46. The van der Waals surface area contributed by atoms with Gasteiger partial charge in [-0.25, -0.2) is 4.68 Å². The minimum absolute atomic E-state index is 0.0459. The predicted molar refractivity (Wildman–Crippen MR) is 61.2 cm³/mol. The summed E-state index contributed by atoms with van der Waals surface area (Å²) in [5.41, 5.74) is 2.96. The van der Waals surface area contributed by atoms with Gasteiger partial charge in [0.25, 0.3) is 0 Å². The van der Waals surface area contributed by atoms with Crippen LogP contribution in [0.15, 0.2) is 0 Å². The number of nitrogens with zero attached hydrogens (tertiary/aromatic N) is 5. The first kappa shape index (κ1) is 11.3. The van der Waals surface area contributed by atoms with E-state index in [1.807, 2.05) is 20.8 Å². The van der Waals surface area contributed by atoms with E-state index in [-0.39, 0.29) is 10.4 Å². The van der Waals surface area contributed by atoms with Crippen molar-refractivity contribution in [1.29, 1.82) is 0 Å². The second-order valence-electron chi connectivity index (χ2n) is 3.40. The Morgan fingerprint density at radius 1 is 1.06 bits per heavy atom. The Morgan fingerprint density at radius 2 is 1.75 bits per heavy atom. The maximum absolute atomic E-state index is 5.91. The zero-order chi connectivity index (χ0) is 11.9. The summed E-state index contributed by atoms with van der Waals surface area (Å²) in [6, 6.07) is 0. The molecule has 0 aliphatic rings. The highest BCUT2D eigenvalue weighted by Gasteiger charge is 2.14. The lowest BCUT2D eigenvalue weighted by molar-refractivity contribution is 0.782. The van der Waals surface area contributed by atoms with Crippen LogP contribution in [0.4, 0.5) is 0 Å². The van der Waals surface area contributed by atoms with Gasteiger partial charge in [0.05, 0.1) is 5.69 Å². The summed E-state index contributed by atoms with van der Waals surface area (Å²) in [6.07, 6.45) is 0. The summed E-state index contributed by atoms with van der Waals surface area (Å²) in [5, 5.41) is 11.8. The van der Waals surface area contributed by atoms with Gasteiger partial charge in [0, 0.05) is 5.69 Å². The smallest absolute Gasteiger partial charge is 0.216 e. The van der Waals surface area contributed by atoms with Gasteiger partial charge in [0.1, 0.15) is 0 Å². The standard InChI is InChI=1S/C9H9Cl2N5/c1-4-5(2)15-16(6(4)3)8-7(10)13-14-9(11)12-8/h1-3H3.